The Morgan fingerprint density at radius 1 is 1.47 bits per heavy atom. The first-order valence-electron chi connectivity index (χ1n) is 4.96. The molecule has 4 heteroatoms. The molecular formula is C11H18N2O2. The molecule has 0 aliphatic heterocycles. The predicted octanol–water partition coefficient (Wildman–Crippen LogP) is 1.66. The first-order chi connectivity index (χ1) is 7.07. The topological polar surface area (TPSA) is 54.4 Å². The monoisotopic (exact) mass is 210 g/mol. The molecule has 2 N–H and O–H groups in total. The lowest BCUT2D eigenvalue weighted by Crippen LogP contribution is -2.32. The number of rotatable bonds is 5. The SMILES string of the molecule is COc1ccc(NC(C)(C)CCO)nc1. The average molecular weight is 210 g/mol. The number of aliphatic hydroxyl groups excluding tert-OH is 1. The number of nitrogens with one attached hydrogen (secondary N) is 1. The molecule has 0 aromatic carbocycles. The Balaban J connectivity index is 2.64. The van der Waals surface area contributed by atoms with Crippen molar-refractivity contribution >= 4 is 5.82 Å². The molecule has 1 rings (SSSR count). The fraction of sp³-hybridized carbons (Fsp3) is 0.545. The number of hydrogen-bond donors (Lipinski definition) is 2. The molecule has 0 spiro atoms. The Morgan fingerprint density at radius 3 is 2.67 bits per heavy atom. The molecule has 4 nitrogen and oxygen atoms in total. The van der Waals surface area contributed by atoms with Crippen LogP contribution in [0.3, 0.4) is 0 Å². The third-order valence-corrected chi connectivity index (χ3v) is 2.18. The second-order valence-electron chi connectivity index (χ2n) is 4.07. The van der Waals surface area contributed by atoms with Crippen molar-refractivity contribution < 1.29 is 9.84 Å². The summed E-state index contributed by atoms with van der Waals surface area (Å²) in [4.78, 5) is 4.20. The highest BCUT2D eigenvalue weighted by Crippen LogP contribution is 2.17. The fourth-order valence-corrected chi connectivity index (χ4v) is 1.26. The quantitative estimate of drug-likeness (QED) is 0.776. The van der Waals surface area contributed by atoms with Crippen molar-refractivity contribution in [2.45, 2.75) is 25.8 Å². The van der Waals surface area contributed by atoms with Crippen LogP contribution >= 0.6 is 0 Å². The predicted molar refractivity (Wildman–Crippen MR) is 60.2 cm³/mol. The van der Waals surface area contributed by atoms with E-state index < -0.39 is 0 Å². The lowest BCUT2D eigenvalue weighted by molar-refractivity contribution is 0.260. The van der Waals surface area contributed by atoms with E-state index in [9.17, 15) is 0 Å². The Hall–Kier alpha value is -1.29. The Kier molecular flexibility index (Phi) is 3.91. The van der Waals surface area contributed by atoms with Crippen LogP contribution < -0.4 is 10.1 Å². The lowest BCUT2D eigenvalue weighted by Gasteiger charge is -2.25. The number of aromatic nitrogens is 1. The van der Waals surface area contributed by atoms with Gasteiger partial charge in [-0.15, -0.1) is 0 Å². The molecule has 0 aliphatic rings. The zero-order valence-corrected chi connectivity index (χ0v) is 9.45. The first-order valence-corrected chi connectivity index (χ1v) is 4.96. The van der Waals surface area contributed by atoms with Crippen LogP contribution in [0.4, 0.5) is 5.82 Å². The van der Waals surface area contributed by atoms with Gasteiger partial charge in [0.25, 0.3) is 0 Å². The van der Waals surface area contributed by atoms with Crippen LogP contribution in [0.1, 0.15) is 20.3 Å². The minimum Gasteiger partial charge on any atom is -0.495 e. The lowest BCUT2D eigenvalue weighted by atomic mass is 10.0. The first kappa shape index (κ1) is 11.8. The van der Waals surface area contributed by atoms with Crippen molar-refractivity contribution in [1.82, 2.24) is 4.98 Å². The molecule has 0 fully saturated rings. The molecule has 0 atom stereocenters. The van der Waals surface area contributed by atoms with Gasteiger partial charge in [0.2, 0.25) is 0 Å². The van der Waals surface area contributed by atoms with Gasteiger partial charge >= 0.3 is 0 Å². The number of methoxy groups -OCH3 is 1. The highest BCUT2D eigenvalue weighted by molar-refractivity contribution is 5.39. The van der Waals surface area contributed by atoms with Crippen LogP contribution in [0.15, 0.2) is 18.3 Å². The van der Waals surface area contributed by atoms with E-state index in [1.807, 2.05) is 26.0 Å². The maximum Gasteiger partial charge on any atom is 0.137 e. The van der Waals surface area contributed by atoms with E-state index in [0.717, 1.165) is 11.6 Å². The third-order valence-electron chi connectivity index (χ3n) is 2.18. The van der Waals surface area contributed by atoms with E-state index in [-0.39, 0.29) is 12.1 Å². The summed E-state index contributed by atoms with van der Waals surface area (Å²) in [5.41, 5.74) is -0.156. The van der Waals surface area contributed by atoms with E-state index >= 15 is 0 Å². The van der Waals surface area contributed by atoms with E-state index in [4.69, 9.17) is 9.84 Å². The minimum absolute atomic E-state index is 0.156. The summed E-state index contributed by atoms with van der Waals surface area (Å²) in [6.07, 6.45) is 2.35. The zero-order chi connectivity index (χ0) is 11.3. The second kappa shape index (κ2) is 4.98. The van der Waals surface area contributed by atoms with Crippen LogP contribution in [0.2, 0.25) is 0 Å². The molecular weight excluding hydrogens is 192 g/mol. The highest BCUT2D eigenvalue weighted by Gasteiger charge is 2.16. The van der Waals surface area contributed by atoms with Crippen LogP contribution in [-0.4, -0.2) is 29.3 Å². The van der Waals surface area contributed by atoms with Gasteiger partial charge in [0, 0.05) is 12.1 Å². The van der Waals surface area contributed by atoms with Gasteiger partial charge in [-0.3, -0.25) is 0 Å². The Morgan fingerprint density at radius 2 is 2.20 bits per heavy atom. The van der Waals surface area contributed by atoms with Crippen LogP contribution in [-0.2, 0) is 0 Å². The fourth-order valence-electron chi connectivity index (χ4n) is 1.26. The van der Waals surface area contributed by atoms with E-state index in [2.05, 4.69) is 10.3 Å². The number of hydrogen-bond acceptors (Lipinski definition) is 4. The summed E-state index contributed by atoms with van der Waals surface area (Å²) in [5.74, 6) is 1.52. The maximum absolute atomic E-state index is 8.88. The molecule has 1 aromatic rings. The second-order valence-corrected chi connectivity index (χ2v) is 4.07. The number of aliphatic hydroxyl groups is 1. The van der Waals surface area contributed by atoms with Crippen molar-refractivity contribution in [3.8, 4) is 5.75 Å². The van der Waals surface area contributed by atoms with E-state index in [1.165, 1.54) is 0 Å². The van der Waals surface area contributed by atoms with Gasteiger partial charge in [-0.2, -0.15) is 0 Å². The van der Waals surface area contributed by atoms with Crippen molar-refractivity contribution in [2.75, 3.05) is 19.0 Å². The van der Waals surface area contributed by atoms with Gasteiger partial charge < -0.3 is 15.2 Å². The molecule has 15 heavy (non-hydrogen) atoms. The van der Waals surface area contributed by atoms with E-state index in [0.29, 0.717) is 6.42 Å². The van der Waals surface area contributed by atoms with Gasteiger partial charge in [-0.05, 0) is 32.4 Å². The van der Waals surface area contributed by atoms with Crippen LogP contribution in [0.25, 0.3) is 0 Å². The largest absolute Gasteiger partial charge is 0.495 e. The summed E-state index contributed by atoms with van der Waals surface area (Å²) < 4.78 is 5.02. The highest BCUT2D eigenvalue weighted by atomic mass is 16.5. The van der Waals surface area contributed by atoms with Gasteiger partial charge in [0.15, 0.2) is 0 Å². The molecule has 0 unspecified atom stereocenters. The zero-order valence-electron chi connectivity index (χ0n) is 9.45. The van der Waals surface area contributed by atoms with Crippen molar-refractivity contribution in [3.05, 3.63) is 18.3 Å². The number of ether oxygens (including phenoxy) is 1. The summed E-state index contributed by atoms with van der Waals surface area (Å²) in [6, 6.07) is 3.71. The molecule has 0 bridgehead atoms. The molecule has 1 aromatic heterocycles. The van der Waals surface area contributed by atoms with Crippen molar-refractivity contribution in [1.29, 1.82) is 0 Å². The Labute approximate surface area is 90.3 Å². The van der Waals surface area contributed by atoms with Gasteiger partial charge in [-0.1, -0.05) is 0 Å². The summed E-state index contributed by atoms with van der Waals surface area (Å²) in [5, 5.41) is 12.1. The number of nitrogens with zero attached hydrogens (tertiary/aromatic N) is 1. The normalized spacial score (nSPS) is 11.2. The van der Waals surface area contributed by atoms with Crippen LogP contribution in [0.5, 0.6) is 5.75 Å². The molecule has 0 amide bonds. The van der Waals surface area contributed by atoms with Gasteiger partial charge in [-0.25, -0.2) is 4.98 Å². The van der Waals surface area contributed by atoms with Gasteiger partial charge in [0.1, 0.15) is 11.6 Å². The van der Waals surface area contributed by atoms with E-state index in [1.54, 1.807) is 13.3 Å². The Bertz CT molecular complexity index is 296. The maximum atomic E-state index is 8.88. The van der Waals surface area contributed by atoms with Crippen LogP contribution in [0, 0.1) is 0 Å². The summed E-state index contributed by atoms with van der Waals surface area (Å²) >= 11 is 0. The average Bonchev–Trinajstić information content (AvgIpc) is 2.18. The summed E-state index contributed by atoms with van der Waals surface area (Å²) in [6.45, 7) is 4.21. The molecule has 84 valence electrons. The third kappa shape index (κ3) is 3.75. The smallest absolute Gasteiger partial charge is 0.137 e. The molecule has 0 aliphatic carbocycles. The van der Waals surface area contributed by atoms with Crippen molar-refractivity contribution in [3.63, 3.8) is 0 Å². The number of anilines is 1. The molecule has 0 radical (unpaired) electrons. The molecule has 0 saturated carbocycles. The number of pyridine rings is 1. The standard InChI is InChI=1S/C11H18N2O2/c1-11(2,6-7-14)13-10-5-4-9(15-3)8-12-10/h4-5,8,14H,6-7H2,1-3H3,(H,12,13). The van der Waals surface area contributed by atoms with Gasteiger partial charge in [0.05, 0.1) is 13.3 Å². The van der Waals surface area contributed by atoms with Crippen molar-refractivity contribution in [2.24, 2.45) is 0 Å². The molecule has 0 saturated heterocycles. The minimum atomic E-state index is -0.156. The molecule has 1 heterocycles. The summed E-state index contributed by atoms with van der Waals surface area (Å²) in [7, 11) is 1.61.